The summed E-state index contributed by atoms with van der Waals surface area (Å²) >= 11 is 5.20. The predicted octanol–water partition coefficient (Wildman–Crippen LogP) is 3.59. The van der Waals surface area contributed by atoms with Crippen LogP contribution in [0.2, 0.25) is 0 Å². The molecule has 0 amide bonds. The maximum atomic E-state index is 13.0. The van der Waals surface area contributed by atoms with Gasteiger partial charge in [-0.3, -0.25) is 5.41 Å². The van der Waals surface area contributed by atoms with Crippen molar-refractivity contribution in [2.24, 2.45) is 0 Å². The number of allylic oxidation sites excluding steroid dienone is 1. The van der Waals surface area contributed by atoms with E-state index < -0.39 is 23.5 Å². The van der Waals surface area contributed by atoms with E-state index in [1.54, 1.807) is 0 Å². The van der Waals surface area contributed by atoms with E-state index in [2.05, 4.69) is 10.2 Å². The lowest BCUT2D eigenvalue weighted by Crippen LogP contribution is -2.22. The normalized spacial score (nSPS) is 12.4. The summed E-state index contributed by atoms with van der Waals surface area (Å²) in [4.78, 5) is 2.08. The molecule has 3 nitrogen and oxygen atoms in total. The number of nitrogens with one attached hydrogen (secondary N) is 3. The van der Waals surface area contributed by atoms with Gasteiger partial charge >= 0.3 is 6.18 Å². The second kappa shape index (κ2) is 6.67. The molecule has 0 aliphatic rings. The van der Waals surface area contributed by atoms with Crippen LogP contribution in [0.4, 0.5) is 27.6 Å². The van der Waals surface area contributed by atoms with Gasteiger partial charge in [-0.2, -0.15) is 13.2 Å². The van der Waals surface area contributed by atoms with Crippen molar-refractivity contribution in [1.29, 1.82) is 5.41 Å². The van der Waals surface area contributed by atoms with Crippen LogP contribution < -0.4 is 10.2 Å². The van der Waals surface area contributed by atoms with Gasteiger partial charge in [0, 0.05) is 17.5 Å². The molecule has 20 heavy (non-hydrogen) atoms. The fraction of sp³-hybridized carbons (Fsp3) is 0.182. The third-order valence-electron chi connectivity index (χ3n) is 2.11. The van der Waals surface area contributed by atoms with Crippen molar-refractivity contribution in [2.45, 2.75) is 6.18 Å². The summed E-state index contributed by atoms with van der Waals surface area (Å²) in [5, 5.41) is 9.26. The second-order valence-electron chi connectivity index (χ2n) is 3.65. The monoisotopic (exact) mass is 313 g/mol. The summed E-state index contributed by atoms with van der Waals surface area (Å²) in [6.07, 6.45) is -4.32. The van der Waals surface area contributed by atoms with Crippen LogP contribution in [-0.2, 0) is 0 Å². The number of rotatable bonds is 5. The molecular weight excluding hydrogens is 305 g/mol. The van der Waals surface area contributed by atoms with Gasteiger partial charge in [-0.25, -0.2) is 13.6 Å². The van der Waals surface area contributed by atoms with Crippen molar-refractivity contribution in [2.75, 3.05) is 11.9 Å². The zero-order valence-electron chi connectivity index (χ0n) is 9.78. The molecule has 0 bridgehead atoms. The van der Waals surface area contributed by atoms with Gasteiger partial charge in [0.05, 0.1) is 6.54 Å². The van der Waals surface area contributed by atoms with Crippen LogP contribution in [0.15, 0.2) is 30.0 Å². The molecule has 0 saturated heterocycles. The molecule has 0 aliphatic carbocycles. The van der Waals surface area contributed by atoms with Crippen LogP contribution in [0.1, 0.15) is 0 Å². The van der Waals surface area contributed by atoms with E-state index in [0.29, 0.717) is 6.08 Å². The molecule has 1 aromatic rings. The number of hydrogen-bond donors (Lipinski definition) is 3. The Hall–Kier alpha value is -1.67. The van der Waals surface area contributed by atoms with Crippen LogP contribution >= 0.6 is 11.8 Å². The summed E-state index contributed by atoms with van der Waals surface area (Å²) in [5.74, 6) is -2.24. The highest BCUT2D eigenvalue weighted by Crippen LogP contribution is 2.19. The lowest BCUT2D eigenvalue weighted by Gasteiger charge is -2.12. The van der Waals surface area contributed by atoms with E-state index in [0.717, 1.165) is 18.2 Å². The maximum absolute atomic E-state index is 13.0. The van der Waals surface area contributed by atoms with E-state index in [1.165, 1.54) is 0 Å². The first-order valence-corrected chi connectivity index (χ1v) is 5.53. The SMILES string of the molecule is N=C(/C=C(/CNCl)Nc1ccc(F)c(F)c1)C(F)(F)F. The van der Waals surface area contributed by atoms with Gasteiger partial charge in [0.15, 0.2) is 11.6 Å². The first-order chi connectivity index (χ1) is 9.24. The molecule has 0 heterocycles. The molecule has 0 fully saturated rings. The van der Waals surface area contributed by atoms with Crippen molar-refractivity contribution in [3.8, 4) is 0 Å². The first-order valence-electron chi connectivity index (χ1n) is 5.16. The number of halogens is 6. The van der Waals surface area contributed by atoms with Gasteiger partial charge in [0.1, 0.15) is 5.71 Å². The first kappa shape index (κ1) is 16.4. The Kier molecular flexibility index (Phi) is 5.46. The molecule has 1 rings (SSSR count). The van der Waals surface area contributed by atoms with E-state index in [4.69, 9.17) is 17.2 Å². The third kappa shape index (κ3) is 4.78. The Morgan fingerprint density at radius 3 is 2.40 bits per heavy atom. The smallest absolute Gasteiger partial charge is 0.358 e. The van der Waals surface area contributed by atoms with Gasteiger partial charge in [-0.1, -0.05) is 0 Å². The van der Waals surface area contributed by atoms with Crippen LogP contribution in [0, 0.1) is 17.0 Å². The van der Waals surface area contributed by atoms with E-state index in [1.807, 2.05) is 0 Å². The van der Waals surface area contributed by atoms with Crippen molar-refractivity contribution in [3.63, 3.8) is 0 Å². The molecule has 0 aliphatic heterocycles. The number of benzene rings is 1. The standard InChI is InChI=1S/C11H9ClF5N3/c12-19-5-7(4-10(18)11(15,16)17)20-6-1-2-8(13)9(14)3-6/h1-4,18-20H,5H2/b7-4-,18-10?. The highest BCUT2D eigenvalue weighted by molar-refractivity contribution is 6.13. The fourth-order valence-electron chi connectivity index (χ4n) is 1.22. The Bertz CT molecular complexity index is 527. The molecule has 3 N–H and O–H groups in total. The summed E-state index contributed by atoms with van der Waals surface area (Å²) in [7, 11) is 0. The molecule has 0 radical (unpaired) electrons. The van der Waals surface area contributed by atoms with Gasteiger partial charge in [-0.15, -0.1) is 0 Å². The molecule has 0 atom stereocenters. The van der Waals surface area contributed by atoms with Crippen LogP contribution in [0.3, 0.4) is 0 Å². The van der Waals surface area contributed by atoms with Crippen molar-refractivity contribution >= 4 is 23.2 Å². The van der Waals surface area contributed by atoms with Gasteiger partial charge in [0.25, 0.3) is 0 Å². The zero-order chi connectivity index (χ0) is 15.3. The molecule has 110 valence electrons. The minimum Gasteiger partial charge on any atom is -0.358 e. The summed E-state index contributed by atoms with van der Waals surface area (Å²) in [5.41, 5.74) is -1.71. The van der Waals surface area contributed by atoms with Crippen LogP contribution in [-0.4, -0.2) is 18.4 Å². The predicted molar refractivity (Wildman–Crippen MR) is 65.7 cm³/mol. The van der Waals surface area contributed by atoms with Gasteiger partial charge in [0.2, 0.25) is 0 Å². The average Bonchev–Trinajstić information content (AvgIpc) is 2.33. The number of hydrogen-bond acceptors (Lipinski definition) is 3. The lowest BCUT2D eigenvalue weighted by molar-refractivity contribution is -0.0584. The fourth-order valence-corrected chi connectivity index (χ4v) is 1.36. The Morgan fingerprint density at radius 1 is 1.25 bits per heavy atom. The zero-order valence-corrected chi connectivity index (χ0v) is 10.5. The Balaban J connectivity index is 2.94. The molecule has 0 aromatic heterocycles. The van der Waals surface area contributed by atoms with Gasteiger partial charge in [-0.05, 0) is 30.0 Å². The minimum atomic E-state index is -4.81. The minimum absolute atomic E-state index is 0.0250. The summed E-state index contributed by atoms with van der Waals surface area (Å²) < 4.78 is 62.4. The largest absolute Gasteiger partial charge is 0.432 e. The second-order valence-corrected chi connectivity index (χ2v) is 3.91. The van der Waals surface area contributed by atoms with Crippen molar-refractivity contribution in [3.05, 3.63) is 41.6 Å². The maximum Gasteiger partial charge on any atom is 0.432 e. The van der Waals surface area contributed by atoms with Crippen LogP contribution in [0.25, 0.3) is 0 Å². The molecule has 0 unspecified atom stereocenters. The summed E-state index contributed by atoms with van der Waals surface area (Å²) in [6.45, 7) is -0.237. The quantitative estimate of drug-likeness (QED) is 0.442. The molecule has 9 heteroatoms. The van der Waals surface area contributed by atoms with Crippen LogP contribution in [0.5, 0.6) is 0 Å². The van der Waals surface area contributed by atoms with Crippen molar-refractivity contribution < 1.29 is 22.0 Å². The molecule has 1 aromatic carbocycles. The molecular formula is C11H9ClF5N3. The number of anilines is 1. The van der Waals surface area contributed by atoms with E-state index >= 15 is 0 Å². The molecule has 0 spiro atoms. The highest BCUT2D eigenvalue weighted by atomic mass is 35.5. The topological polar surface area (TPSA) is 47.9 Å². The van der Waals surface area contributed by atoms with E-state index in [9.17, 15) is 22.0 Å². The Morgan fingerprint density at radius 2 is 1.90 bits per heavy atom. The van der Waals surface area contributed by atoms with Gasteiger partial charge < -0.3 is 5.32 Å². The number of alkyl halides is 3. The Labute approximate surface area is 116 Å². The van der Waals surface area contributed by atoms with E-state index in [-0.39, 0.29) is 17.9 Å². The third-order valence-corrected chi connectivity index (χ3v) is 2.24. The molecule has 0 saturated carbocycles. The summed E-state index contributed by atoms with van der Waals surface area (Å²) in [6, 6.07) is 2.73. The average molecular weight is 314 g/mol. The lowest BCUT2D eigenvalue weighted by atomic mass is 10.2. The highest BCUT2D eigenvalue weighted by Gasteiger charge is 2.32. The van der Waals surface area contributed by atoms with Crippen molar-refractivity contribution in [1.82, 2.24) is 4.84 Å².